The van der Waals surface area contributed by atoms with Gasteiger partial charge in [-0.2, -0.15) is 0 Å². The Morgan fingerprint density at radius 2 is 2.08 bits per heavy atom. The van der Waals surface area contributed by atoms with E-state index in [1.165, 1.54) is 19.3 Å². The van der Waals surface area contributed by atoms with E-state index in [-0.39, 0.29) is 11.8 Å². The fourth-order valence-corrected chi connectivity index (χ4v) is 4.49. The van der Waals surface area contributed by atoms with Crippen LogP contribution in [0.25, 0.3) is 10.2 Å². The molecule has 1 saturated carbocycles. The maximum absolute atomic E-state index is 12.4. The van der Waals surface area contributed by atoms with E-state index in [4.69, 9.17) is 4.74 Å². The normalized spacial score (nSPS) is 19.3. The molecular formula is C18H23N3O2S. The molecule has 1 N–H and O–H groups in total. The van der Waals surface area contributed by atoms with Crippen molar-refractivity contribution in [1.82, 2.24) is 10.3 Å². The van der Waals surface area contributed by atoms with Gasteiger partial charge in [0.05, 0.1) is 23.2 Å². The molecule has 1 aromatic heterocycles. The summed E-state index contributed by atoms with van der Waals surface area (Å²) in [6.45, 7) is 1.55. The summed E-state index contributed by atoms with van der Waals surface area (Å²) in [7, 11) is 1.67. The number of hydrogen-bond acceptors (Lipinski definition) is 5. The second kappa shape index (κ2) is 6.59. The molecule has 1 amide bonds. The Labute approximate surface area is 146 Å². The number of nitrogens with one attached hydrogen (secondary N) is 1. The average Bonchev–Trinajstić information content (AvgIpc) is 2.96. The smallest absolute Gasteiger partial charge is 0.226 e. The summed E-state index contributed by atoms with van der Waals surface area (Å²) in [4.78, 5) is 19.2. The van der Waals surface area contributed by atoms with Crippen LogP contribution in [0.2, 0.25) is 0 Å². The summed E-state index contributed by atoms with van der Waals surface area (Å²) in [6, 6.07) is 6.36. The van der Waals surface area contributed by atoms with E-state index < -0.39 is 0 Å². The third kappa shape index (κ3) is 3.07. The van der Waals surface area contributed by atoms with Gasteiger partial charge in [-0.25, -0.2) is 4.98 Å². The molecule has 2 aromatic rings. The monoisotopic (exact) mass is 345 g/mol. The molecule has 24 heavy (non-hydrogen) atoms. The van der Waals surface area contributed by atoms with E-state index in [1.54, 1.807) is 18.4 Å². The number of fused-ring (bicyclic) bond motifs is 1. The third-order valence-corrected chi connectivity index (χ3v) is 6.16. The molecule has 1 aliphatic heterocycles. The maximum Gasteiger partial charge on any atom is 0.226 e. The van der Waals surface area contributed by atoms with Crippen LogP contribution in [0.15, 0.2) is 18.2 Å². The van der Waals surface area contributed by atoms with Crippen LogP contribution in [-0.4, -0.2) is 37.1 Å². The molecule has 6 heteroatoms. The largest absolute Gasteiger partial charge is 0.497 e. The number of anilines is 1. The van der Waals surface area contributed by atoms with Gasteiger partial charge in [-0.3, -0.25) is 4.79 Å². The molecule has 1 aromatic carbocycles. The van der Waals surface area contributed by atoms with Gasteiger partial charge in [-0.15, -0.1) is 0 Å². The van der Waals surface area contributed by atoms with Crippen LogP contribution in [0.5, 0.6) is 5.75 Å². The van der Waals surface area contributed by atoms with Gasteiger partial charge in [0.25, 0.3) is 0 Å². The van der Waals surface area contributed by atoms with Crippen LogP contribution in [0.3, 0.4) is 0 Å². The highest BCUT2D eigenvalue weighted by Gasteiger charge is 2.35. The second-order valence-electron chi connectivity index (χ2n) is 6.78. The van der Waals surface area contributed by atoms with Gasteiger partial charge in [-0.1, -0.05) is 30.6 Å². The topological polar surface area (TPSA) is 54.5 Å². The average molecular weight is 345 g/mol. The predicted octanol–water partition coefficient (Wildman–Crippen LogP) is 3.19. The van der Waals surface area contributed by atoms with E-state index in [1.807, 2.05) is 18.2 Å². The Bertz CT molecular complexity index is 733. The minimum Gasteiger partial charge on any atom is -0.497 e. The van der Waals surface area contributed by atoms with Crippen molar-refractivity contribution in [1.29, 1.82) is 0 Å². The van der Waals surface area contributed by atoms with E-state index in [0.29, 0.717) is 6.04 Å². The van der Waals surface area contributed by atoms with E-state index in [0.717, 1.165) is 47.0 Å². The maximum atomic E-state index is 12.4. The molecule has 0 spiro atoms. The number of rotatable bonds is 4. The van der Waals surface area contributed by atoms with Gasteiger partial charge in [0.2, 0.25) is 5.91 Å². The lowest BCUT2D eigenvalue weighted by Gasteiger charge is -2.39. The second-order valence-corrected chi connectivity index (χ2v) is 7.78. The summed E-state index contributed by atoms with van der Waals surface area (Å²) >= 11 is 1.68. The van der Waals surface area contributed by atoms with Gasteiger partial charge >= 0.3 is 0 Å². The highest BCUT2D eigenvalue weighted by molar-refractivity contribution is 7.22. The van der Waals surface area contributed by atoms with Crippen molar-refractivity contribution in [3.63, 3.8) is 0 Å². The van der Waals surface area contributed by atoms with Gasteiger partial charge in [0, 0.05) is 25.2 Å². The molecule has 0 radical (unpaired) electrons. The lowest BCUT2D eigenvalue weighted by Crippen LogP contribution is -2.55. The van der Waals surface area contributed by atoms with Crippen LogP contribution in [0.4, 0.5) is 5.13 Å². The molecule has 0 bridgehead atoms. The zero-order valence-electron chi connectivity index (χ0n) is 14.0. The van der Waals surface area contributed by atoms with Crippen molar-refractivity contribution >= 4 is 32.6 Å². The molecule has 1 saturated heterocycles. The Hall–Kier alpha value is -1.82. The fourth-order valence-electron chi connectivity index (χ4n) is 3.52. The van der Waals surface area contributed by atoms with Gasteiger partial charge in [-0.05, 0) is 25.0 Å². The van der Waals surface area contributed by atoms with Crippen molar-refractivity contribution in [3.05, 3.63) is 18.2 Å². The predicted molar refractivity (Wildman–Crippen MR) is 96.9 cm³/mol. The molecule has 5 nitrogen and oxygen atoms in total. The Kier molecular flexibility index (Phi) is 4.31. The first-order valence-electron chi connectivity index (χ1n) is 8.73. The molecule has 4 rings (SSSR count). The molecule has 1 aliphatic carbocycles. The minimum atomic E-state index is 0.105. The fraction of sp³-hybridized carbons (Fsp3) is 0.556. The molecule has 0 unspecified atom stereocenters. The summed E-state index contributed by atoms with van der Waals surface area (Å²) < 4.78 is 6.40. The summed E-state index contributed by atoms with van der Waals surface area (Å²) in [5.41, 5.74) is 0.962. The molecule has 128 valence electrons. The molecule has 0 atom stereocenters. The minimum absolute atomic E-state index is 0.105. The third-order valence-electron chi connectivity index (χ3n) is 5.06. The highest BCUT2D eigenvalue weighted by Crippen LogP contribution is 2.34. The summed E-state index contributed by atoms with van der Waals surface area (Å²) in [5.74, 6) is 1.15. The Morgan fingerprint density at radius 1 is 1.29 bits per heavy atom. The number of amides is 1. The van der Waals surface area contributed by atoms with Crippen LogP contribution in [0, 0.1) is 5.92 Å². The van der Waals surface area contributed by atoms with Crippen LogP contribution < -0.4 is 15.0 Å². The zero-order chi connectivity index (χ0) is 16.5. The van der Waals surface area contributed by atoms with Crippen LogP contribution >= 0.6 is 11.3 Å². The number of aromatic nitrogens is 1. The van der Waals surface area contributed by atoms with Crippen molar-refractivity contribution in [2.75, 3.05) is 25.1 Å². The standard InChI is InChI=1S/C18H23N3O2S/c1-23-14-7-8-16-15(9-14)20-18(24-16)21-10-12(11-21)17(22)19-13-5-3-2-4-6-13/h7-9,12-13H,2-6,10-11H2,1H3,(H,19,22). The number of methoxy groups -OCH3 is 1. The van der Waals surface area contributed by atoms with Crippen LogP contribution in [-0.2, 0) is 4.79 Å². The molecule has 2 heterocycles. The van der Waals surface area contributed by atoms with Crippen molar-refractivity contribution < 1.29 is 9.53 Å². The van der Waals surface area contributed by atoms with Gasteiger partial charge in [0.1, 0.15) is 5.75 Å². The van der Waals surface area contributed by atoms with E-state index >= 15 is 0 Å². The first-order valence-corrected chi connectivity index (χ1v) is 9.54. The summed E-state index contributed by atoms with van der Waals surface area (Å²) in [5, 5.41) is 4.24. The van der Waals surface area contributed by atoms with E-state index in [2.05, 4.69) is 15.2 Å². The Balaban J connectivity index is 1.35. The number of hydrogen-bond donors (Lipinski definition) is 1. The number of benzene rings is 1. The number of carbonyl (C=O) groups excluding carboxylic acids is 1. The van der Waals surface area contributed by atoms with Gasteiger partial charge in [0.15, 0.2) is 5.13 Å². The SMILES string of the molecule is COc1ccc2sc(N3CC(C(=O)NC4CCCCC4)C3)nc2c1. The highest BCUT2D eigenvalue weighted by atomic mass is 32.1. The lowest BCUT2D eigenvalue weighted by atomic mass is 9.93. The van der Waals surface area contributed by atoms with Crippen molar-refractivity contribution in [3.8, 4) is 5.75 Å². The molecule has 2 fully saturated rings. The summed E-state index contributed by atoms with van der Waals surface area (Å²) in [6.07, 6.45) is 6.09. The number of nitrogens with zero attached hydrogens (tertiary/aromatic N) is 2. The van der Waals surface area contributed by atoms with Crippen LogP contribution in [0.1, 0.15) is 32.1 Å². The number of carbonyl (C=O) groups is 1. The van der Waals surface area contributed by atoms with Gasteiger partial charge < -0.3 is 15.0 Å². The first-order chi connectivity index (χ1) is 11.7. The van der Waals surface area contributed by atoms with E-state index in [9.17, 15) is 4.79 Å². The zero-order valence-corrected chi connectivity index (χ0v) is 14.8. The van der Waals surface area contributed by atoms with Crippen molar-refractivity contribution in [2.24, 2.45) is 5.92 Å². The Morgan fingerprint density at radius 3 is 2.83 bits per heavy atom. The quantitative estimate of drug-likeness (QED) is 0.925. The number of ether oxygens (including phenoxy) is 1. The molecule has 2 aliphatic rings. The first kappa shape index (κ1) is 15.7. The lowest BCUT2D eigenvalue weighted by molar-refractivity contribution is -0.126. The number of thiazole rings is 1. The van der Waals surface area contributed by atoms with Crippen molar-refractivity contribution in [2.45, 2.75) is 38.1 Å². The molecular weight excluding hydrogens is 322 g/mol.